The van der Waals surface area contributed by atoms with Gasteiger partial charge in [-0.25, -0.2) is 0 Å². The van der Waals surface area contributed by atoms with Crippen molar-refractivity contribution in [3.63, 3.8) is 0 Å². The molecule has 0 amide bonds. The molecule has 0 radical (unpaired) electrons. The average Bonchev–Trinajstić information content (AvgIpc) is 2.41. The third-order valence-electron chi connectivity index (χ3n) is 2.89. The van der Waals surface area contributed by atoms with Crippen molar-refractivity contribution in [3.8, 4) is 5.75 Å². The first kappa shape index (κ1) is 14.3. The minimum Gasteiger partial charge on any atom is -0.495 e. The van der Waals surface area contributed by atoms with E-state index in [0.717, 1.165) is 15.6 Å². The molecule has 2 aromatic rings. The summed E-state index contributed by atoms with van der Waals surface area (Å²) in [4.78, 5) is 4.02. The monoisotopic (exact) mass is 340 g/mol. The molecule has 0 spiro atoms. The summed E-state index contributed by atoms with van der Waals surface area (Å²) in [7, 11) is 1.61. The van der Waals surface area contributed by atoms with Crippen LogP contribution < -0.4 is 10.5 Å². The number of aromatic nitrogens is 1. The van der Waals surface area contributed by atoms with E-state index in [4.69, 9.17) is 22.1 Å². The SMILES string of the molecule is COc1cnccc1C(N)Cc1ccc(Br)cc1Cl. The van der Waals surface area contributed by atoms with Crippen LogP contribution >= 0.6 is 27.5 Å². The highest BCUT2D eigenvalue weighted by Gasteiger charge is 2.14. The number of rotatable bonds is 4. The molecule has 0 aliphatic carbocycles. The summed E-state index contributed by atoms with van der Waals surface area (Å²) < 4.78 is 6.23. The maximum atomic E-state index is 6.23. The Balaban J connectivity index is 2.23. The summed E-state index contributed by atoms with van der Waals surface area (Å²) in [6.07, 6.45) is 4.02. The third kappa shape index (κ3) is 3.47. The molecule has 100 valence electrons. The van der Waals surface area contributed by atoms with Crippen molar-refractivity contribution in [1.82, 2.24) is 4.98 Å². The Bertz CT molecular complexity index is 577. The molecule has 0 aliphatic heterocycles. The number of hydrogen-bond acceptors (Lipinski definition) is 3. The molecule has 1 aromatic carbocycles. The summed E-state index contributed by atoms with van der Waals surface area (Å²) in [5, 5.41) is 0.706. The van der Waals surface area contributed by atoms with Gasteiger partial charge < -0.3 is 10.5 Å². The molecule has 0 fully saturated rings. The van der Waals surface area contributed by atoms with E-state index in [1.807, 2.05) is 24.3 Å². The van der Waals surface area contributed by atoms with Crippen LogP contribution in [0.5, 0.6) is 5.75 Å². The zero-order valence-corrected chi connectivity index (χ0v) is 12.8. The molecule has 5 heteroatoms. The first-order valence-corrected chi connectivity index (χ1v) is 6.96. The molecule has 1 aromatic heterocycles. The van der Waals surface area contributed by atoms with E-state index in [0.29, 0.717) is 17.2 Å². The van der Waals surface area contributed by atoms with Gasteiger partial charge >= 0.3 is 0 Å². The number of methoxy groups -OCH3 is 1. The van der Waals surface area contributed by atoms with E-state index in [2.05, 4.69) is 20.9 Å². The first-order chi connectivity index (χ1) is 9.11. The summed E-state index contributed by atoms with van der Waals surface area (Å²) >= 11 is 9.59. The van der Waals surface area contributed by atoms with Gasteiger partial charge in [-0.05, 0) is 30.2 Å². The number of nitrogens with zero attached hydrogens (tertiary/aromatic N) is 1. The predicted octanol–water partition coefficient (Wildman–Crippen LogP) is 3.75. The van der Waals surface area contributed by atoms with Crippen molar-refractivity contribution in [2.45, 2.75) is 12.5 Å². The second-order valence-electron chi connectivity index (χ2n) is 4.16. The Morgan fingerprint density at radius 2 is 2.21 bits per heavy atom. The molecule has 1 heterocycles. The van der Waals surface area contributed by atoms with E-state index in [1.165, 1.54) is 0 Å². The molecule has 0 saturated heterocycles. The van der Waals surface area contributed by atoms with Crippen molar-refractivity contribution in [3.05, 3.63) is 57.3 Å². The number of nitrogens with two attached hydrogens (primary N) is 1. The van der Waals surface area contributed by atoms with E-state index >= 15 is 0 Å². The highest BCUT2D eigenvalue weighted by atomic mass is 79.9. The highest BCUT2D eigenvalue weighted by molar-refractivity contribution is 9.10. The van der Waals surface area contributed by atoms with Crippen LogP contribution in [0.4, 0.5) is 0 Å². The zero-order chi connectivity index (χ0) is 13.8. The maximum Gasteiger partial charge on any atom is 0.141 e. The summed E-state index contributed by atoms with van der Waals surface area (Å²) in [6, 6.07) is 7.48. The normalized spacial score (nSPS) is 12.2. The van der Waals surface area contributed by atoms with Crippen LogP contribution in [-0.4, -0.2) is 12.1 Å². The van der Waals surface area contributed by atoms with Gasteiger partial charge in [-0.2, -0.15) is 0 Å². The van der Waals surface area contributed by atoms with Crippen LogP contribution in [0.15, 0.2) is 41.1 Å². The van der Waals surface area contributed by atoms with Crippen molar-refractivity contribution in [1.29, 1.82) is 0 Å². The highest BCUT2D eigenvalue weighted by Crippen LogP contribution is 2.28. The van der Waals surface area contributed by atoms with Gasteiger partial charge in [-0.1, -0.05) is 33.6 Å². The van der Waals surface area contributed by atoms with Crippen LogP contribution in [0, 0.1) is 0 Å². The topological polar surface area (TPSA) is 48.1 Å². The lowest BCUT2D eigenvalue weighted by Crippen LogP contribution is -2.14. The van der Waals surface area contributed by atoms with Crippen LogP contribution in [0.2, 0.25) is 5.02 Å². The van der Waals surface area contributed by atoms with Crippen LogP contribution in [0.3, 0.4) is 0 Å². The van der Waals surface area contributed by atoms with Crippen LogP contribution in [0.1, 0.15) is 17.2 Å². The molecular weight excluding hydrogens is 328 g/mol. The summed E-state index contributed by atoms with van der Waals surface area (Å²) in [5.74, 6) is 0.697. The van der Waals surface area contributed by atoms with Gasteiger partial charge in [0.2, 0.25) is 0 Å². The van der Waals surface area contributed by atoms with Crippen molar-refractivity contribution < 1.29 is 4.74 Å². The Kier molecular flexibility index (Phi) is 4.80. The number of benzene rings is 1. The van der Waals surface area contributed by atoms with Gasteiger partial charge in [0.05, 0.1) is 13.3 Å². The van der Waals surface area contributed by atoms with E-state index < -0.39 is 0 Å². The Hall–Kier alpha value is -1.10. The van der Waals surface area contributed by atoms with Gasteiger partial charge in [0.1, 0.15) is 5.75 Å². The Labute approximate surface area is 125 Å². The standard InChI is InChI=1S/C14H14BrClN2O/c1-19-14-8-18-5-4-11(14)13(17)6-9-2-3-10(15)7-12(9)16/h2-5,7-8,13H,6,17H2,1H3. The number of hydrogen-bond donors (Lipinski definition) is 1. The largest absolute Gasteiger partial charge is 0.495 e. The first-order valence-electron chi connectivity index (χ1n) is 5.79. The molecule has 3 nitrogen and oxygen atoms in total. The lowest BCUT2D eigenvalue weighted by Gasteiger charge is -2.16. The third-order valence-corrected chi connectivity index (χ3v) is 3.74. The fraction of sp³-hybridized carbons (Fsp3) is 0.214. The molecule has 0 bridgehead atoms. The fourth-order valence-corrected chi connectivity index (χ4v) is 2.65. The lowest BCUT2D eigenvalue weighted by molar-refractivity contribution is 0.403. The van der Waals surface area contributed by atoms with E-state index in [1.54, 1.807) is 19.5 Å². The zero-order valence-electron chi connectivity index (χ0n) is 10.4. The van der Waals surface area contributed by atoms with E-state index in [9.17, 15) is 0 Å². The minimum atomic E-state index is -0.184. The molecular formula is C14H14BrClN2O. The lowest BCUT2D eigenvalue weighted by atomic mass is 10.00. The number of pyridine rings is 1. The second kappa shape index (κ2) is 6.37. The quantitative estimate of drug-likeness (QED) is 0.921. The maximum absolute atomic E-state index is 6.23. The molecule has 0 saturated carbocycles. The molecule has 2 rings (SSSR count). The second-order valence-corrected chi connectivity index (χ2v) is 5.49. The van der Waals surface area contributed by atoms with Crippen LogP contribution in [-0.2, 0) is 6.42 Å². The molecule has 0 aliphatic rings. The van der Waals surface area contributed by atoms with Gasteiger partial charge in [0.15, 0.2) is 0 Å². The average molecular weight is 342 g/mol. The van der Waals surface area contributed by atoms with Gasteiger partial charge in [0.25, 0.3) is 0 Å². The smallest absolute Gasteiger partial charge is 0.141 e. The van der Waals surface area contributed by atoms with Gasteiger partial charge in [0, 0.05) is 27.3 Å². The van der Waals surface area contributed by atoms with Gasteiger partial charge in [-0.15, -0.1) is 0 Å². The molecule has 19 heavy (non-hydrogen) atoms. The minimum absolute atomic E-state index is 0.184. The summed E-state index contributed by atoms with van der Waals surface area (Å²) in [6.45, 7) is 0. The fourth-order valence-electron chi connectivity index (χ4n) is 1.90. The predicted molar refractivity (Wildman–Crippen MR) is 80.6 cm³/mol. The Morgan fingerprint density at radius 3 is 2.89 bits per heavy atom. The molecule has 1 atom stereocenters. The number of ether oxygens (including phenoxy) is 1. The van der Waals surface area contributed by atoms with E-state index in [-0.39, 0.29) is 6.04 Å². The van der Waals surface area contributed by atoms with Crippen molar-refractivity contribution >= 4 is 27.5 Å². The van der Waals surface area contributed by atoms with Crippen molar-refractivity contribution in [2.24, 2.45) is 5.73 Å². The Morgan fingerprint density at radius 1 is 1.42 bits per heavy atom. The summed E-state index contributed by atoms with van der Waals surface area (Å²) in [5.41, 5.74) is 8.17. The molecule has 1 unspecified atom stereocenters. The van der Waals surface area contributed by atoms with Crippen LogP contribution in [0.25, 0.3) is 0 Å². The number of halogens is 2. The molecule has 2 N–H and O–H groups in total. The van der Waals surface area contributed by atoms with Gasteiger partial charge in [-0.3, -0.25) is 4.98 Å². The van der Waals surface area contributed by atoms with Crippen molar-refractivity contribution in [2.75, 3.05) is 7.11 Å².